The van der Waals surface area contributed by atoms with E-state index in [9.17, 15) is 18.0 Å². The molecule has 0 bridgehead atoms. The van der Waals surface area contributed by atoms with Crippen LogP contribution in [0.3, 0.4) is 0 Å². The summed E-state index contributed by atoms with van der Waals surface area (Å²) in [6.45, 7) is 2.17. The average molecular weight is 451 g/mol. The van der Waals surface area contributed by atoms with Crippen LogP contribution in [0, 0.1) is 0 Å². The summed E-state index contributed by atoms with van der Waals surface area (Å²) in [4.78, 5) is 27.8. The van der Waals surface area contributed by atoms with Crippen LogP contribution >= 0.6 is 0 Å². The zero-order valence-electron chi connectivity index (χ0n) is 17.9. The van der Waals surface area contributed by atoms with Gasteiger partial charge in [-0.05, 0) is 37.1 Å². The van der Waals surface area contributed by atoms with E-state index >= 15 is 0 Å². The molecule has 3 fully saturated rings. The van der Waals surface area contributed by atoms with Crippen molar-refractivity contribution in [2.75, 3.05) is 51.3 Å². The van der Waals surface area contributed by atoms with Gasteiger partial charge in [0.25, 0.3) is 16.1 Å². The Morgan fingerprint density at radius 2 is 1.65 bits per heavy atom. The second-order valence-corrected chi connectivity index (χ2v) is 10.3. The zero-order valence-corrected chi connectivity index (χ0v) is 18.7. The summed E-state index contributed by atoms with van der Waals surface area (Å²) >= 11 is 0. The van der Waals surface area contributed by atoms with Crippen LogP contribution < -0.4 is 4.90 Å². The molecule has 31 heavy (non-hydrogen) atoms. The fourth-order valence-corrected chi connectivity index (χ4v) is 6.11. The number of piperazine rings is 1. The van der Waals surface area contributed by atoms with E-state index in [0.29, 0.717) is 50.6 Å². The predicted molar refractivity (Wildman–Crippen MR) is 116 cm³/mol. The molecule has 2 amide bonds. The number of ether oxygens (including phenoxy) is 1. The number of benzene rings is 1. The van der Waals surface area contributed by atoms with Crippen molar-refractivity contribution in [3.05, 3.63) is 29.8 Å². The van der Waals surface area contributed by atoms with Gasteiger partial charge in [0.1, 0.15) is 6.61 Å². The lowest BCUT2D eigenvalue weighted by atomic mass is 9.96. The van der Waals surface area contributed by atoms with Gasteiger partial charge in [-0.2, -0.15) is 17.0 Å². The number of amides is 2. The molecule has 2 aliphatic heterocycles. The highest BCUT2D eigenvalue weighted by molar-refractivity contribution is 7.86. The SMILES string of the molecule is CN(C1CCCCC1)S(=O)(=O)N1CCN(C(=O)c2ccc(N3CCOC3=O)cc2)CC1. The number of carbonyl (C=O) groups excluding carboxylic acids is 2. The molecule has 0 unspecified atom stereocenters. The van der Waals surface area contributed by atoms with E-state index in [1.807, 2.05) is 0 Å². The molecule has 0 radical (unpaired) electrons. The molecule has 2 saturated heterocycles. The van der Waals surface area contributed by atoms with Crippen molar-refractivity contribution in [3.8, 4) is 0 Å². The van der Waals surface area contributed by atoms with E-state index in [1.165, 1.54) is 19.9 Å². The van der Waals surface area contributed by atoms with E-state index in [-0.39, 0.29) is 18.0 Å². The fraction of sp³-hybridized carbons (Fsp3) is 0.619. The number of hydrogen-bond donors (Lipinski definition) is 0. The molecule has 9 nitrogen and oxygen atoms in total. The van der Waals surface area contributed by atoms with Crippen LogP contribution in [-0.4, -0.2) is 86.3 Å². The molecule has 0 N–H and O–H groups in total. The average Bonchev–Trinajstić information content (AvgIpc) is 3.24. The van der Waals surface area contributed by atoms with Crippen molar-refractivity contribution in [3.63, 3.8) is 0 Å². The second kappa shape index (κ2) is 9.13. The Morgan fingerprint density at radius 3 is 2.23 bits per heavy atom. The van der Waals surface area contributed by atoms with Crippen LogP contribution in [0.2, 0.25) is 0 Å². The Balaban J connectivity index is 1.34. The monoisotopic (exact) mass is 450 g/mol. The third-order valence-electron chi connectivity index (χ3n) is 6.49. The summed E-state index contributed by atoms with van der Waals surface area (Å²) in [6.07, 6.45) is 4.77. The molecule has 0 spiro atoms. The van der Waals surface area contributed by atoms with Crippen molar-refractivity contribution in [2.24, 2.45) is 0 Å². The van der Waals surface area contributed by atoms with E-state index < -0.39 is 10.2 Å². The first-order valence-corrected chi connectivity index (χ1v) is 12.3. The molecule has 2 heterocycles. The van der Waals surface area contributed by atoms with Gasteiger partial charge in [0, 0.05) is 50.5 Å². The summed E-state index contributed by atoms with van der Waals surface area (Å²) in [5.41, 5.74) is 1.22. The maximum atomic E-state index is 13.0. The third-order valence-corrected chi connectivity index (χ3v) is 8.54. The van der Waals surface area contributed by atoms with E-state index in [0.717, 1.165) is 25.7 Å². The summed E-state index contributed by atoms with van der Waals surface area (Å²) < 4.78 is 34.0. The quantitative estimate of drug-likeness (QED) is 0.684. The summed E-state index contributed by atoms with van der Waals surface area (Å²) in [7, 11) is -1.84. The van der Waals surface area contributed by atoms with Crippen molar-refractivity contribution < 1.29 is 22.7 Å². The smallest absolute Gasteiger partial charge is 0.414 e. The van der Waals surface area contributed by atoms with Gasteiger partial charge >= 0.3 is 6.09 Å². The summed E-state index contributed by atoms with van der Waals surface area (Å²) in [5, 5.41) is 0. The molecule has 1 aromatic rings. The Labute approximate surface area is 183 Å². The number of cyclic esters (lactones) is 1. The summed E-state index contributed by atoms with van der Waals surface area (Å²) in [6, 6.07) is 6.94. The van der Waals surface area contributed by atoms with Crippen LogP contribution in [-0.2, 0) is 14.9 Å². The largest absolute Gasteiger partial charge is 0.447 e. The maximum absolute atomic E-state index is 13.0. The lowest BCUT2D eigenvalue weighted by Crippen LogP contribution is -2.55. The zero-order chi connectivity index (χ0) is 22.0. The van der Waals surface area contributed by atoms with Crippen LogP contribution in [0.5, 0.6) is 0 Å². The number of hydrogen-bond acceptors (Lipinski definition) is 5. The van der Waals surface area contributed by atoms with Gasteiger partial charge in [0.2, 0.25) is 0 Å². The Hall–Kier alpha value is -2.17. The van der Waals surface area contributed by atoms with E-state index in [2.05, 4.69) is 0 Å². The summed E-state index contributed by atoms with van der Waals surface area (Å²) in [5.74, 6) is -0.131. The Bertz CT molecular complexity index is 906. The lowest BCUT2D eigenvalue weighted by Gasteiger charge is -2.38. The molecule has 0 aromatic heterocycles. The van der Waals surface area contributed by atoms with Crippen molar-refractivity contribution in [2.45, 2.75) is 38.1 Å². The lowest BCUT2D eigenvalue weighted by molar-refractivity contribution is 0.0693. The first-order valence-electron chi connectivity index (χ1n) is 10.9. The second-order valence-electron chi connectivity index (χ2n) is 8.32. The topological polar surface area (TPSA) is 90.5 Å². The van der Waals surface area contributed by atoms with Gasteiger partial charge in [0.05, 0.1) is 6.54 Å². The van der Waals surface area contributed by atoms with Crippen LogP contribution in [0.1, 0.15) is 42.5 Å². The standard InChI is InChI=1S/C21H30N4O5S/c1-22(18-5-3-2-4-6-18)31(28,29)24-13-11-23(12-14-24)20(26)17-7-9-19(10-8-17)25-15-16-30-21(25)27/h7-10,18H,2-6,11-16H2,1H3. The fourth-order valence-electron chi connectivity index (χ4n) is 4.53. The van der Waals surface area contributed by atoms with E-state index in [4.69, 9.17) is 4.74 Å². The number of anilines is 1. The molecular weight excluding hydrogens is 420 g/mol. The highest BCUT2D eigenvalue weighted by Crippen LogP contribution is 2.25. The maximum Gasteiger partial charge on any atom is 0.414 e. The first kappa shape index (κ1) is 22.0. The number of nitrogens with zero attached hydrogens (tertiary/aromatic N) is 4. The molecule has 1 aliphatic carbocycles. The molecule has 1 saturated carbocycles. The molecule has 4 rings (SSSR count). The van der Waals surface area contributed by atoms with Crippen molar-refractivity contribution in [1.29, 1.82) is 0 Å². The van der Waals surface area contributed by atoms with Gasteiger partial charge in [-0.15, -0.1) is 0 Å². The minimum Gasteiger partial charge on any atom is -0.447 e. The Kier molecular flexibility index (Phi) is 6.49. The number of carbonyl (C=O) groups is 2. The van der Waals surface area contributed by atoms with E-state index in [1.54, 1.807) is 36.2 Å². The van der Waals surface area contributed by atoms with Gasteiger partial charge < -0.3 is 9.64 Å². The molecule has 10 heteroatoms. The highest BCUT2D eigenvalue weighted by atomic mass is 32.2. The predicted octanol–water partition coefficient (Wildman–Crippen LogP) is 1.91. The van der Waals surface area contributed by atoms with Gasteiger partial charge in [-0.3, -0.25) is 9.69 Å². The van der Waals surface area contributed by atoms with Crippen molar-refractivity contribution in [1.82, 2.24) is 13.5 Å². The minimum absolute atomic E-state index is 0.0739. The van der Waals surface area contributed by atoms with Crippen LogP contribution in [0.25, 0.3) is 0 Å². The van der Waals surface area contributed by atoms with Crippen LogP contribution in [0.15, 0.2) is 24.3 Å². The van der Waals surface area contributed by atoms with Gasteiger partial charge in [0.15, 0.2) is 0 Å². The Morgan fingerprint density at radius 1 is 1.00 bits per heavy atom. The minimum atomic E-state index is -3.52. The first-order chi connectivity index (χ1) is 14.9. The van der Waals surface area contributed by atoms with Gasteiger partial charge in [-0.1, -0.05) is 19.3 Å². The molecule has 3 aliphatic rings. The highest BCUT2D eigenvalue weighted by Gasteiger charge is 2.35. The molecular formula is C21H30N4O5S. The van der Waals surface area contributed by atoms with Gasteiger partial charge in [-0.25, -0.2) is 4.79 Å². The third kappa shape index (κ3) is 4.56. The molecule has 1 aromatic carbocycles. The van der Waals surface area contributed by atoms with Crippen LogP contribution in [0.4, 0.5) is 10.5 Å². The van der Waals surface area contributed by atoms with Crippen molar-refractivity contribution >= 4 is 27.9 Å². The molecule has 170 valence electrons. The normalized spacial score (nSPS) is 21.5. The molecule has 0 atom stereocenters. The number of rotatable bonds is 5.